The molecule has 1 atom stereocenters. The number of amides is 1. The van der Waals surface area contributed by atoms with E-state index in [0.717, 1.165) is 40.9 Å². The van der Waals surface area contributed by atoms with E-state index in [2.05, 4.69) is 16.7 Å². The van der Waals surface area contributed by atoms with E-state index >= 15 is 0 Å². The lowest BCUT2D eigenvalue weighted by Crippen LogP contribution is -2.31. The minimum Gasteiger partial charge on any atom is -0.352 e. The van der Waals surface area contributed by atoms with Gasteiger partial charge in [-0.05, 0) is 55.5 Å². The highest BCUT2D eigenvalue weighted by molar-refractivity contribution is 8.03. The molecule has 1 amide bonds. The fourth-order valence-electron chi connectivity index (χ4n) is 4.35. The standard InChI is InChI=1S/C26H24ClN3O2S/c1-15-5-3-6-16(2)25(15)30-22(32)14-33-26-19(13-28)23(17-9-11-18(27)12-10-17)24-20(29-26)7-4-8-21(24)31/h3,5-6,9-12,23,29H,4,7-8,14H2,1-2H3,(H,30,32)/t23-/m0/s1. The van der Waals surface area contributed by atoms with Crippen LogP contribution < -0.4 is 10.6 Å². The second-order valence-corrected chi connectivity index (χ2v) is 9.66. The molecule has 0 radical (unpaired) electrons. The third kappa shape index (κ3) is 4.85. The Labute approximate surface area is 202 Å². The summed E-state index contributed by atoms with van der Waals surface area (Å²) < 4.78 is 0. The number of hydrogen-bond donors (Lipinski definition) is 2. The van der Waals surface area contributed by atoms with Crippen molar-refractivity contribution >= 4 is 40.7 Å². The molecule has 0 saturated carbocycles. The summed E-state index contributed by atoms with van der Waals surface area (Å²) in [6, 6.07) is 15.4. The highest BCUT2D eigenvalue weighted by Gasteiger charge is 2.37. The molecule has 0 unspecified atom stereocenters. The molecule has 5 nitrogen and oxygen atoms in total. The van der Waals surface area contributed by atoms with Crippen molar-refractivity contribution < 1.29 is 9.59 Å². The van der Waals surface area contributed by atoms with Gasteiger partial charge in [0.15, 0.2) is 5.78 Å². The van der Waals surface area contributed by atoms with Crippen LogP contribution in [0.1, 0.15) is 41.9 Å². The minimum atomic E-state index is -0.458. The quantitative estimate of drug-likeness (QED) is 0.572. The summed E-state index contributed by atoms with van der Waals surface area (Å²) in [6.45, 7) is 3.92. The third-order valence-corrected chi connectivity index (χ3v) is 7.23. The van der Waals surface area contributed by atoms with Crippen molar-refractivity contribution in [3.05, 3.63) is 86.0 Å². The van der Waals surface area contributed by atoms with E-state index in [-0.39, 0.29) is 17.4 Å². The Kier molecular flexibility index (Phi) is 6.92. The smallest absolute Gasteiger partial charge is 0.234 e. The molecule has 2 aromatic rings. The van der Waals surface area contributed by atoms with Gasteiger partial charge >= 0.3 is 0 Å². The summed E-state index contributed by atoms with van der Waals surface area (Å²) in [4.78, 5) is 25.6. The maximum Gasteiger partial charge on any atom is 0.234 e. The third-order valence-electron chi connectivity index (χ3n) is 5.96. The van der Waals surface area contributed by atoms with Crippen LogP contribution >= 0.6 is 23.4 Å². The second kappa shape index (κ2) is 9.86. The van der Waals surface area contributed by atoms with Crippen molar-refractivity contribution in [3.8, 4) is 6.07 Å². The lowest BCUT2D eigenvalue weighted by atomic mass is 9.77. The van der Waals surface area contributed by atoms with Gasteiger partial charge < -0.3 is 10.6 Å². The number of carbonyl (C=O) groups is 2. The van der Waals surface area contributed by atoms with Crippen LogP contribution in [0.4, 0.5) is 5.69 Å². The van der Waals surface area contributed by atoms with Gasteiger partial charge in [-0.3, -0.25) is 9.59 Å². The molecule has 2 N–H and O–H groups in total. The van der Waals surface area contributed by atoms with Crippen LogP contribution in [0, 0.1) is 25.2 Å². The number of halogens is 1. The fourth-order valence-corrected chi connectivity index (χ4v) is 5.34. The van der Waals surface area contributed by atoms with Crippen LogP contribution in [-0.4, -0.2) is 17.4 Å². The van der Waals surface area contributed by atoms with Gasteiger partial charge in [0.1, 0.15) is 0 Å². The van der Waals surface area contributed by atoms with Gasteiger partial charge in [0.25, 0.3) is 0 Å². The predicted octanol–water partition coefficient (Wildman–Crippen LogP) is 5.76. The van der Waals surface area contributed by atoms with E-state index < -0.39 is 5.92 Å². The number of Topliss-reactive ketones (excluding diaryl/α,β-unsaturated/α-hetero) is 1. The number of nitriles is 1. The highest BCUT2D eigenvalue weighted by atomic mass is 35.5. The molecular weight excluding hydrogens is 454 g/mol. The summed E-state index contributed by atoms with van der Waals surface area (Å²) >= 11 is 7.36. The number of benzene rings is 2. The Balaban J connectivity index is 1.62. The fraction of sp³-hybridized carbons (Fsp3) is 0.269. The second-order valence-electron chi connectivity index (χ2n) is 8.24. The number of carbonyl (C=O) groups excluding carboxylic acids is 2. The average Bonchev–Trinajstić information content (AvgIpc) is 2.80. The summed E-state index contributed by atoms with van der Waals surface area (Å²) in [5, 5.41) is 17.6. The predicted molar refractivity (Wildman–Crippen MR) is 133 cm³/mol. The van der Waals surface area contributed by atoms with E-state index in [9.17, 15) is 14.9 Å². The highest BCUT2D eigenvalue weighted by Crippen LogP contribution is 2.44. The van der Waals surface area contributed by atoms with Crippen molar-refractivity contribution in [3.63, 3.8) is 0 Å². The van der Waals surface area contributed by atoms with Gasteiger partial charge in [0.2, 0.25) is 5.91 Å². The molecule has 0 saturated heterocycles. The summed E-state index contributed by atoms with van der Waals surface area (Å²) in [7, 11) is 0. The molecular formula is C26H24ClN3O2S. The van der Waals surface area contributed by atoms with Crippen molar-refractivity contribution in [1.82, 2.24) is 5.32 Å². The number of anilines is 1. The first-order valence-corrected chi connectivity index (χ1v) is 12.2. The average molecular weight is 478 g/mol. The molecule has 2 aromatic carbocycles. The number of rotatable bonds is 5. The zero-order valence-corrected chi connectivity index (χ0v) is 20.1. The topological polar surface area (TPSA) is 82.0 Å². The van der Waals surface area contributed by atoms with Gasteiger partial charge in [-0.1, -0.05) is 53.7 Å². The van der Waals surface area contributed by atoms with Gasteiger partial charge in [0.05, 0.1) is 28.3 Å². The number of hydrogen-bond acceptors (Lipinski definition) is 5. The molecule has 1 heterocycles. The number of allylic oxidation sites excluding steroid dienone is 3. The van der Waals surface area contributed by atoms with E-state index in [0.29, 0.717) is 27.6 Å². The van der Waals surface area contributed by atoms with Crippen LogP contribution in [0.3, 0.4) is 0 Å². The molecule has 0 bridgehead atoms. The number of para-hydroxylation sites is 1. The Morgan fingerprint density at radius 2 is 1.88 bits per heavy atom. The van der Waals surface area contributed by atoms with Gasteiger partial charge in [-0.15, -0.1) is 0 Å². The van der Waals surface area contributed by atoms with E-state index in [1.54, 1.807) is 12.1 Å². The van der Waals surface area contributed by atoms with Crippen LogP contribution in [0.2, 0.25) is 5.02 Å². The summed E-state index contributed by atoms with van der Waals surface area (Å²) in [5.74, 6) is -0.397. The molecule has 4 rings (SSSR count). The Morgan fingerprint density at radius 1 is 1.18 bits per heavy atom. The SMILES string of the molecule is Cc1cccc(C)c1NC(=O)CSC1=C(C#N)[C@H](c2ccc(Cl)cc2)C2=C(CCCC2=O)N1. The molecule has 0 aromatic heterocycles. The molecule has 0 spiro atoms. The Morgan fingerprint density at radius 3 is 2.55 bits per heavy atom. The first-order valence-electron chi connectivity index (χ1n) is 10.8. The number of dihydropyridines is 1. The maximum absolute atomic E-state index is 12.9. The number of aryl methyl sites for hydroxylation is 2. The number of nitrogens with one attached hydrogen (secondary N) is 2. The van der Waals surface area contributed by atoms with Crippen LogP contribution in [0.25, 0.3) is 0 Å². The van der Waals surface area contributed by atoms with E-state index in [1.807, 2.05) is 44.2 Å². The first-order chi connectivity index (χ1) is 15.9. The van der Waals surface area contributed by atoms with Gasteiger partial charge in [-0.25, -0.2) is 0 Å². The summed E-state index contributed by atoms with van der Waals surface area (Å²) in [6.07, 6.45) is 1.98. The molecule has 33 heavy (non-hydrogen) atoms. The van der Waals surface area contributed by atoms with Crippen molar-refractivity contribution in [2.75, 3.05) is 11.1 Å². The lowest BCUT2D eigenvalue weighted by molar-refractivity contribution is -0.116. The molecule has 168 valence electrons. The minimum absolute atomic E-state index is 0.0632. The molecule has 7 heteroatoms. The van der Waals surface area contributed by atoms with Crippen molar-refractivity contribution in [2.24, 2.45) is 0 Å². The largest absolute Gasteiger partial charge is 0.352 e. The molecule has 1 aliphatic heterocycles. The normalized spacial score (nSPS) is 17.9. The molecule has 2 aliphatic rings. The maximum atomic E-state index is 12.9. The van der Waals surface area contributed by atoms with Crippen LogP contribution in [0.5, 0.6) is 0 Å². The van der Waals surface area contributed by atoms with E-state index in [4.69, 9.17) is 11.6 Å². The Hall–Kier alpha value is -3.01. The first kappa shape index (κ1) is 23.2. The monoisotopic (exact) mass is 477 g/mol. The number of nitrogens with zero attached hydrogens (tertiary/aromatic N) is 1. The number of thioether (sulfide) groups is 1. The lowest BCUT2D eigenvalue weighted by Gasteiger charge is -2.33. The van der Waals surface area contributed by atoms with E-state index in [1.165, 1.54) is 11.8 Å². The van der Waals surface area contributed by atoms with Gasteiger partial charge in [0, 0.05) is 28.4 Å². The zero-order valence-electron chi connectivity index (χ0n) is 18.5. The van der Waals surface area contributed by atoms with Crippen molar-refractivity contribution in [1.29, 1.82) is 5.26 Å². The molecule has 0 fully saturated rings. The number of ketones is 1. The Bertz CT molecular complexity index is 1200. The molecule has 1 aliphatic carbocycles. The summed E-state index contributed by atoms with van der Waals surface area (Å²) in [5.41, 5.74) is 5.62. The van der Waals surface area contributed by atoms with Crippen molar-refractivity contribution in [2.45, 2.75) is 39.0 Å². The van der Waals surface area contributed by atoms with Crippen LogP contribution in [0.15, 0.2) is 64.3 Å². The van der Waals surface area contributed by atoms with Gasteiger partial charge in [-0.2, -0.15) is 5.26 Å². The van der Waals surface area contributed by atoms with Crippen LogP contribution in [-0.2, 0) is 9.59 Å². The zero-order chi connectivity index (χ0) is 23.5.